The van der Waals surface area contributed by atoms with E-state index in [1.54, 1.807) is 24.3 Å². The third-order valence-corrected chi connectivity index (χ3v) is 10.2. The third-order valence-electron chi connectivity index (χ3n) is 8.30. The molecule has 186 valence electrons. The Morgan fingerprint density at radius 1 is 0.943 bits per heavy atom. The van der Waals surface area contributed by atoms with Crippen LogP contribution in [0.4, 0.5) is 0 Å². The Hall–Kier alpha value is -2.58. The summed E-state index contributed by atoms with van der Waals surface area (Å²) in [6.45, 7) is 4.94. The predicted octanol–water partition coefficient (Wildman–Crippen LogP) is 4.27. The topological polar surface area (TPSA) is 76.2 Å². The van der Waals surface area contributed by atoms with Crippen molar-refractivity contribution in [2.24, 2.45) is 0 Å². The number of hydrogen-bond acceptors (Lipinski definition) is 5. The number of hydrogen-bond donors (Lipinski definition) is 0. The lowest BCUT2D eigenvalue weighted by Crippen LogP contribution is -2.48. The molecule has 4 aliphatic rings. The van der Waals surface area contributed by atoms with Crippen LogP contribution in [0, 0.1) is 0 Å². The second-order valence-corrected chi connectivity index (χ2v) is 12.3. The first-order valence-corrected chi connectivity index (χ1v) is 14.2. The fraction of sp³-hybridized carbons (Fsp3) is 0.519. The van der Waals surface area contributed by atoms with Crippen LogP contribution < -0.4 is 9.47 Å². The molecule has 1 atom stereocenters. The van der Waals surface area contributed by atoms with Crippen molar-refractivity contribution in [1.82, 2.24) is 9.21 Å². The molecular formula is C27H32N2O5S. The molecule has 1 aliphatic carbocycles. The van der Waals surface area contributed by atoms with Crippen LogP contribution >= 0.6 is 0 Å². The first-order chi connectivity index (χ1) is 16.9. The maximum absolute atomic E-state index is 13.8. The number of ether oxygens (including phenoxy) is 2. The number of nitrogens with zero attached hydrogens (tertiary/aromatic N) is 2. The number of sulfonamides is 1. The maximum atomic E-state index is 13.8. The van der Waals surface area contributed by atoms with E-state index in [0.29, 0.717) is 38.4 Å². The van der Waals surface area contributed by atoms with Crippen molar-refractivity contribution in [3.8, 4) is 11.5 Å². The van der Waals surface area contributed by atoms with Gasteiger partial charge in [0.25, 0.3) is 5.91 Å². The lowest BCUT2D eigenvalue weighted by Gasteiger charge is -2.46. The van der Waals surface area contributed by atoms with Gasteiger partial charge in [-0.2, -0.15) is 4.31 Å². The van der Waals surface area contributed by atoms with Gasteiger partial charge in [-0.25, -0.2) is 8.42 Å². The highest BCUT2D eigenvalue weighted by atomic mass is 32.2. The number of rotatable bonds is 3. The van der Waals surface area contributed by atoms with Gasteiger partial charge in [0.2, 0.25) is 10.0 Å². The summed E-state index contributed by atoms with van der Waals surface area (Å²) in [6.07, 6.45) is 6.17. The van der Waals surface area contributed by atoms with E-state index in [2.05, 4.69) is 19.1 Å². The van der Waals surface area contributed by atoms with Crippen LogP contribution in [0.5, 0.6) is 11.5 Å². The van der Waals surface area contributed by atoms with E-state index in [1.165, 1.54) is 9.87 Å². The zero-order valence-corrected chi connectivity index (χ0v) is 21.0. The van der Waals surface area contributed by atoms with Gasteiger partial charge < -0.3 is 14.4 Å². The van der Waals surface area contributed by atoms with Gasteiger partial charge in [-0.15, -0.1) is 0 Å². The number of carbonyl (C=O) groups is 1. The van der Waals surface area contributed by atoms with Crippen LogP contribution in [-0.2, 0) is 15.4 Å². The van der Waals surface area contributed by atoms with Crippen molar-refractivity contribution < 1.29 is 22.7 Å². The molecule has 6 rings (SSSR count). The maximum Gasteiger partial charge on any atom is 0.254 e. The molecule has 1 saturated heterocycles. The number of amides is 1. The summed E-state index contributed by atoms with van der Waals surface area (Å²) >= 11 is 0. The SMILES string of the molecule is CC1c2cc3c(cc2C2(CCCC2)CN1C(=O)c1ccc(S(=O)(=O)N2CCCC2)cc1)OCCO3. The standard InChI is InChI=1S/C27H32N2O5S/c1-19-22-16-24-25(34-15-14-33-24)17-23(22)27(10-2-3-11-27)18-29(19)26(30)20-6-8-21(9-7-20)35(31,32)28-12-4-5-13-28/h6-9,16-17,19H,2-5,10-15,18H2,1H3. The molecule has 1 saturated carbocycles. The van der Waals surface area contributed by atoms with Gasteiger partial charge in [0, 0.05) is 30.6 Å². The zero-order valence-electron chi connectivity index (χ0n) is 20.2. The quantitative estimate of drug-likeness (QED) is 0.634. The van der Waals surface area contributed by atoms with Gasteiger partial charge in [-0.3, -0.25) is 4.79 Å². The van der Waals surface area contributed by atoms with Crippen molar-refractivity contribution in [2.75, 3.05) is 32.8 Å². The normalized spacial score (nSPS) is 23.5. The summed E-state index contributed by atoms with van der Waals surface area (Å²) in [4.78, 5) is 16.0. The van der Waals surface area contributed by atoms with Gasteiger partial charge in [0.05, 0.1) is 10.9 Å². The fourth-order valence-electron chi connectivity index (χ4n) is 6.37. The van der Waals surface area contributed by atoms with Gasteiger partial charge >= 0.3 is 0 Å². The summed E-state index contributed by atoms with van der Waals surface area (Å²) in [5.74, 6) is 1.50. The summed E-state index contributed by atoms with van der Waals surface area (Å²) in [6, 6.07) is 10.6. The lowest BCUT2D eigenvalue weighted by molar-refractivity contribution is 0.0593. The molecule has 35 heavy (non-hydrogen) atoms. The van der Waals surface area contributed by atoms with Gasteiger partial charge in [-0.1, -0.05) is 12.8 Å². The molecular weight excluding hydrogens is 464 g/mol. The van der Waals surface area contributed by atoms with Crippen LogP contribution in [0.1, 0.15) is 73.0 Å². The Balaban J connectivity index is 1.32. The molecule has 8 heteroatoms. The molecule has 0 radical (unpaired) electrons. The molecule has 2 fully saturated rings. The third kappa shape index (κ3) is 3.73. The van der Waals surface area contributed by atoms with E-state index < -0.39 is 10.0 Å². The monoisotopic (exact) mass is 496 g/mol. The van der Waals surface area contributed by atoms with Crippen LogP contribution in [0.3, 0.4) is 0 Å². The lowest BCUT2D eigenvalue weighted by atomic mass is 9.71. The van der Waals surface area contributed by atoms with E-state index in [9.17, 15) is 13.2 Å². The van der Waals surface area contributed by atoms with Gasteiger partial charge in [-0.05, 0) is 80.1 Å². The van der Waals surface area contributed by atoms with E-state index in [0.717, 1.165) is 55.6 Å². The molecule has 7 nitrogen and oxygen atoms in total. The molecule has 2 aromatic carbocycles. The molecule has 1 unspecified atom stereocenters. The van der Waals surface area contributed by atoms with Crippen LogP contribution in [0.25, 0.3) is 0 Å². The summed E-state index contributed by atoms with van der Waals surface area (Å²) < 4.78 is 39.1. The first-order valence-electron chi connectivity index (χ1n) is 12.7. The summed E-state index contributed by atoms with van der Waals surface area (Å²) in [7, 11) is -3.50. The Morgan fingerprint density at radius 2 is 1.57 bits per heavy atom. The Kier molecular flexibility index (Phi) is 5.56. The minimum atomic E-state index is -3.50. The number of benzene rings is 2. The van der Waals surface area contributed by atoms with Gasteiger partial charge in [0.15, 0.2) is 11.5 Å². The van der Waals surface area contributed by atoms with Gasteiger partial charge in [0.1, 0.15) is 13.2 Å². The molecule has 0 N–H and O–H groups in total. The van der Waals surface area contributed by atoms with E-state index >= 15 is 0 Å². The molecule has 2 aromatic rings. The molecule has 0 aromatic heterocycles. The van der Waals surface area contributed by atoms with Crippen molar-refractivity contribution >= 4 is 15.9 Å². The zero-order chi connectivity index (χ0) is 24.2. The second-order valence-electron chi connectivity index (χ2n) is 10.3. The smallest absolute Gasteiger partial charge is 0.254 e. The molecule has 1 spiro atoms. The molecule has 1 amide bonds. The Morgan fingerprint density at radius 3 is 2.23 bits per heavy atom. The van der Waals surface area contributed by atoms with E-state index in [4.69, 9.17) is 9.47 Å². The molecule has 3 heterocycles. The Labute approximate surface area is 207 Å². The van der Waals surface area contributed by atoms with Crippen molar-refractivity contribution in [1.29, 1.82) is 0 Å². The summed E-state index contributed by atoms with van der Waals surface area (Å²) in [5.41, 5.74) is 2.87. The van der Waals surface area contributed by atoms with Crippen molar-refractivity contribution in [3.05, 3.63) is 53.1 Å². The van der Waals surface area contributed by atoms with Crippen molar-refractivity contribution in [2.45, 2.75) is 61.8 Å². The van der Waals surface area contributed by atoms with Crippen LogP contribution in [0.15, 0.2) is 41.3 Å². The first kappa shape index (κ1) is 22.9. The predicted molar refractivity (Wildman–Crippen MR) is 131 cm³/mol. The molecule has 0 bridgehead atoms. The highest BCUT2D eigenvalue weighted by Gasteiger charge is 2.46. The van der Waals surface area contributed by atoms with Crippen LogP contribution in [0.2, 0.25) is 0 Å². The van der Waals surface area contributed by atoms with Crippen molar-refractivity contribution in [3.63, 3.8) is 0 Å². The Bertz CT molecular complexity index is 1250. The number of fused-ring (bicyclic) bond motifs is 3. The fourth-order valence-corrected chi connectivity index (χ4v) is 7.88. The summed E-state index contributed by atoms with van der Waals surface area (Å²) in [5, 5.41) is 0. The minimum absolute atomic E-state index is 0.0607. The average molecular weight is 497 g/mol. The second kappa shape index (κ2) is 8.52. The number of carbonyl (C=O) groups excluding carboxylic acids is 1. The highest BCUT2D eigenvalue weighted by molar-refractivity contribution is 7.89. The van der Waals surface area contributed by atoms with E-state index in [-0.39, 0.29) is 22.3 Å². The van der Waals surface area contributed by atoms with E-state index in [1.807, 2.05) is 4.90 Å². The molecule has 3 aliphatic heterocycles. The average Bonchev–Trinajstić information content (AvgIpc) is 3.59. The highest BCUT2D eigenvalue weighted by Crippen LogP contribution is 2.52. The largest absolute Gasteiger partial charge is 0.486 e. The minimum Gasteiger partial charge on any atom is -0.486 e. The van der Waals surface area contributed by atoms with Crippen LogP contribution in [-0.4, -0.2) is 56.4 Å².